The topological polar surface area (TPSA) is 75.4 Å². The Morgan fingerprint density at radius 2 is 1.47 bits per heavy atom. The van der Waals surface area contributed by atoms with Gasteiger partial charge < -0.3 is 14.6 Å². The standard InChI is InChI=1S/C32H27N3O3/c36-31(30(24-10-3-1-4-11-24)25-12-5-2-6-13-25)35-20-27-28(18-29(35)32(37)38)34(21-33-27)19-22-15-16-23-9-7-8-14-26(23)17-22/h1-17,21,29-30H,18-20H2,(H,37,38). The minimum atomic E-state index is -1.01. The number of aliphatic carboxylic acids is 1. The molecule has 38 heavy (non-hydrogen) atoms. The number of carbonyl (C=O) groups is 2. The lowest BCUT2D eigenvalue weighted by Gasteiger charge is -2.35. The van der Waals surface area contributed by atoms with Crippen LogP contribution in [0.15, 0.2) is 109 Å². The first kappa shape index (κ1) is 23.7. The van der Waals surface area contributed by atoms with E-state index in [-0.39, 0.29) is 18.9 Å². The largest absolute Gasteiger partial charge is 0.480 e. The van der Waals surface area contributed by atoms with Crippen molar-refractivity contribution in [3.8, 4) is 0 Å². The maximum atomic E-state index is 14.1. The molecule has 5 aromatic rings. The zero-order valence-corrected chi connectivity index (χ0v) is 20.8. The fourth-order valence-corrected chi connectivity index (χ4v) is 5.44. The van der Waals surface area contributed by atoms with Gasteiger partial charge in [0.05, 0.1) is 24.5 Å². The van der Waals surface area contributed by atoms with Gasteiger partial charge >= 0.3 is 5.97 Å². The molecule has 0 bridgehead atoms. The quantitative estimate of drug-likeness (QED) is 0.345. The number of hydrogen-bond donors (Lipinski definition) is 1. The van der Waals surface area contributed by atoms with Crippen LogP contribution in [-0.4, -0.2) is 37.5 Å². The summed E-state index contributed by atoms with van der Waals surface area (Å²) in [6.45, 7) is 0.746. The molecule has 1 amide bonds. The lowest BCUT2D eigenvalue weighted by molar-refractivity contribution is -0.151. The van der Waals surface area contributed by atoms with E-state index in [1.165, 1.54) is 10.3 Å². The molecule has 1 aliphatic heterocycles. The second-order valence-corrected chi connectivity index (χ2v) is 9.73. The smallest absolute Gasteiger partial charge is 0.326 e. The van der Waals surface area contributed by atoms with Crippen molar-refractivity contribution in [2.45, 2.75) is 31.5 Å². The molecule has 1 atom stereocenters. The molecule has 2 heterocycles. The summed E-state index contributed by atoms with van der Waals surface area (Å²) in [4.78, 5) is 32.7. The Morgan fingerprint density at radius 1 is 0.842 bits per heavy atom. The Labute approximate surface area is 220 Å². The van der Waals surface area contributed by atoms with E-state index in [1.807, 2.05) is 77.4 Å². The maximum absolute atomic E-state index is 14.1. The Bertz CT molecular complexity index is 1570. The molecule has 1 unspecified atom stereocenters. The third-order valence-electron chi connectivity index (χ3n) is 7.36. The van der Waals surface area contributed by atoms with E-state index in [4.69, 9.17) is 0 Å². The third kappa shape index (κ3) is 4.45. The fraction of sp³-hybridized carbons (Fsp3) is 0.156. The number of hydrogen-bond acceptors (Lipinski definition) is 3. The average molecular weight is 502 g/mol. The molecule has 6 rings (SSSR count). The number of imidazole rings is 1. The molecular formula is C32H27N3O3. The number of carboxylic acid groups (broad SMARTS) is 1. The van der Waals surface area contributed by atoms with Gasteiger partial charge in [-0.3, -0.25) is 4.79 Å². The summed E-state index contributed by atoms with van der Waals surface area (Å²) in [6.07, 6.45) is 1.97. The van der Waals surface area contributed by atoms with Crippen molar-refractivity contribution in [1.29, 1.82) is 0 Å². The summed E-state index contributed by atoms with van der Waals surface area (Å²) >= 11 is 0. The number of benzene rings is 4. The van der Waals surface area contributed by atoms with E-state index in [1.54, 1.807) is 6.33 Å². The van der Waals surface area contributed by atoms with Crippen LogP contribution in [-0.2, 0) is 29.1 Å². The Hall–Kier alpha value is -4.71. The van der Waals surface area contributed by atoms with E-state index in [0.717, 1.165) is 33.5 Å². The van der Waals surface area contributed by atoms with Crippen molar-refractivity contribution in [2.24, 2.45) is 0 Å². The van der Waals surface area contributed by atoms with Gasteiger partial charge in [0.15, 0.2) is 0 Å². The first-order valence-electron chi connectivity index (χ1n) is 12.7. The highest BCUT2D eigenvalue weighted by atomic mass is 16.4. The summed E-state index contributed by atoms with van der Waals surface area (Å²) in [6, 6.07) is 32.6. The molecule has 0 aliphatic carbocycles. The van der Waals surface area contributed by atoms with Gasteiger partial charge in [0.1, 0.15) is 6.04 Å². The Balaban J connectivity index is 1.32. The lowest BCUT2D eigenvalue weighted by atomic mass is 9.88. The molecule has 4 aromatic carbocycles. The molecule has 6 heteroatoms. The molecule has 0 fully saturated rings. The van der Waals surface area contributed by atoms with Crippen LogP contribution in [0.5, 0.6) is 0 Å². The van der Waals surface area contributed by atoms with Crippen LogP contribution in [0.2, 0.25) is 0 Å². The van der Waals surface area contributed by atoms with E-state index < -0.39 is 17.9 Å². The van der Waals surface area contributed by atoms with Crippen molar-refractivity contribution >= 4 is 22.6 Å². The summed E-state index contributed by atoms with van der Waals surface area (Å²) < 4.78 is 2.02. The van der Waals surface area contributed by atoms with Gasteiger partial charge in [0.2, 0.25) is 5.91 Å². The van der Waals surface area contributed by atoms with Crippen LogP contribution in [0.3, 0.4) is 0 Å². The van der Waals surface area contributed by atoms with Crippen LogP contribution in [0.1, 0.15) is 34.0 Å². The number of fused-ring (bicyclic) bond motifs is 2. The lowest BCUT2D eigenvalue weighted by Crippen LogP contribution is -2.50. The molecule has 0 radical (unpaired) electrons. The predicted octanol–water partition coefficient (Wildman–Crippen LogP) is 5.25. The number of carbonyl (C=O) groups excluding carboxylic acids is 1. The van der Waals surface area contributed by atoms with Gasteiger partial charge in [0.25, 0.3) is 0 Å². The SMILES string of the molecule is O=C(O)C1Cc2c(ncn2Cc2ccc3ccccc3c2)CN1C(=O)C(c1ccccc1)c1ccccc1. The van der Waals surface area contributed by atoms with Gasteiger partial charge in [-0.05, 0) is 33.5 Å². The third-order valence-corrected chi connectivity index (χ3v) is 7.36. The van der Waals surface area contributed by atoms with E-state index >= 15 is 0 Å². The number of carboxylic acids is 1. The molecule has 0 saturated carbocycles. The second-order valence-electron chi connectivity index (χ2n) is 9.73. The minimum absolute atomic E-state index is 0.159. The van der Waals surface area contributed by atoms with Crippen molar-refractivity contribution in [3.63, 3.8) is 0 Å². The summed E-state index contributed by atoms with van der Waals surface area (Å²) in [5.41, 5.74) is 4.39. The molecule has 6 nitrogen and oxygen atoms in total. The molecule has 188 valence electrons. The van der Waals surface area contributed by atoms with Crippen molar-refractivity contribution in [1.82, 2.24) is 14.5 Å². The number of nitrogens with zero attached hydrogens (tertiary/aromatic N) is 3. The van der Waals surface area contributed by atoms with Crippen molar-refractivity contribution in [2.75, 3.05) is 0 Å². The predicted molar refractivity (Wildman–Crippen MR) is 146 cm³/mol. The molecule has 0 saturated heterocycles. The van der Waals surface area contributed by atoms with Gasteiger partial charge in [-0.15, -0.1) is 0 Å². The first-order chi connectivity index (χ1) is 18.6. The highest BCUT2D eigenvalue weighted by molar-refractivity contribution is 5.91. The van der Waals surface area contributed by atoms with E-state index in [9.17, 15) is 14.7 Å². The fourth-order valence-electron chi connectivity index (χ4n) is 5.44. The number of amides is 1. The van der Waals surface area contributed by atoms with Gasteiger partial charge in [-0.1, -0.05) is 97.1 Å². The average Bonchev–Trinajstić information content (AvgIpc) is 3.35. The number of aromatic nitrogens is 2. The first-order valence-corrected chi connectivity index (χ1v) is 12.7. The van der Waals surface area contributed by atoms with Crippen LogP contribution in [0.25, 0.3) is 10.8 Å². The Morgan fingerprint density at radius 3 is 2.13 bits per heavy atom. The Kier molecular flexibility index (Phi) is 6.22. The van der Waals surface area contributed by atoms with Crippen LogP contribution < -0.4 is 0 Å². The highest BCUT2D eigenvalue weighted by Crippen LogP contribution is 2.32. The normalized spacial score (nSPS) is 15.0. The molecule has 0 spiro atoms. The van der Waals surface area contributed by atoms with E-state index in [2.05, 4.69) is 35.3 Å². The zero-order chi connectivity index (χ0) is 26.1. The molecular weight excluding hydrogens is 474 g/mol. The monoisotopic (exact) mass is 501 g/mol. The summed E-state index contributed by atoms with van der Waals surface area (Å²) in [5.74, 6) is -1.84. The van der Waals surface area contributed by atoms with Gasteiger partial charge in [0, 0.05) is 18.7 Å². The van der Waals surface area contributed by atoms with Gasteiger partial charge in [-0.2, -0.15) is 0 Å². The highest BCUT2D eigenvalue weighted by Gasteiger charge is 2.40. The van der Waals surface area contributed by atoms with Crippen LogP contribution in [0, 0.1) is 0 Å². The van der Waals surface area contributed by atoms with Gasteiger partial charge in [-0.25, -0.2) is 9.78 Å². The molecule has 1 aliphatic rings. The maximum Gasteiger partial charge on any atom is 0.326 e. The summed E-state index contributed by atoms with van der Waals surface area (Å²) in [5, 5.41) is 12.6. The summed E-state index contributed by atoms with van der Waals surface area (Å²) in [7, 11) is 0. The van der Waals surface area contributed by atoms with E-state index in [0.29, 0.717) is 6.54 Å². The van der Waals surface area contributed by atoms with Crippen LogP contribution >= 0.6 is 0 Å². The zero-order valence-electron chi connectivity index (χ0n) is 20.8. The minimum Gasteiger partial charge on any atom is -0.480 e. The molecule has 1 aromatic heterocycles. The second kappa shape index (κ2) is 9.98. The van der Waals surface area contributed by atoms with Crippen molar-refractivity contribution < 1.29 is 14.7 Å². The van der Waals surface area contributed by atoms with Crippen molar-refractivity contribution in [3.05, 3.63) is 138 Å². The number of rotatable bonds is 6. The van der Waals surface area contributed by atoms with Crippen LogP contribution in [0.4, 0.5) is 0 Å². The molecule has 1 N–H and O–H groups in total.